The maximum Gasteiger partial charge on any atom is 0.421 e. The van der Waals surface area contributed by atoms with Crippen molar-refractivity contribution in [2.75, 3.05) is 31.1 Å². The fourth-order valence-electron chi connectivity index (χ4n) is 4.60. The lowest BCUT2D eigenvalue weighted by atomic mass is 9.98. The zero-order chi connectivity index (χ0) is 26.3. The molecule has 0 N–H and O–H groups in total. The van der Waals surface area contributed by atoms with Crippen LogP contribution in [0.3, 0.4) is 0 Å². The van der Waals surface area contributed by atoms with Crippen LogP contribution in [-0.2, 0) is 12.8 Å². The number of aromatic nitrogens is 1. The zero-order valence-electron chi connectivity index (χ0n) is 19.9. The summed E-state index contributed by atoms with van der Waals surface area (Å²) in [4.78, 5) is 29.7. The number of carbonyl (C=O) groups is 1. The van der Waals surface area contributed by atoms with Gasteiger partial charge in [-0.1, -0.05) is 29.8 Å². The summed E-state index contributed by atoms with van der Waals surface area (Å²) < 4.78 is 46.2. The van der Waals surface area contributed by atoms with Crippen LogP contribution in [0.25, 0.3) is 11.1 Å². The monoisotopic (exact) mass is 529 g/mol. The molecule has 0 aliphatic carbocycles. The van der Waals surface area contributed by atoms with Crippen LogP contribution < -0.4 is 10.7 Å². The number of anilines is 1. The Morgan fingerprint density at radius 1 is 1.00 bits per heavy atom. The summed E-state index contributed by atoms with van der Waals surface area (Å²) in [5, 5.41) is 0.454. The van der Waals surface area contributed by atoms with Gasteiger partial charge in [-0.2, -0.15) is 13.2 Å². The third kappa shape index (κ3) is 5.14. The van der Waals surface area contributed by atoms with Crippen molar-refractivity contribution in [3.63, 3.8) is 0 Å². The Bertz CT molecular complexity index is 1540. The first kappa shape index (κ1) is 25.1. The van der Waals surface area contributed by atoms with Gasteiger partial charge in [-0.05, 0) is 55.0 Å². The largest absolute Gasteiger partial charge is 0.421 e. The van der Waals surface area contributed by atoms with E-state index in [9.17, 15) is 22.8 Å². The van der Waals surface area contributed by atoms with E-state index in [1.54, 1.807) is 49.4 Å². The molecule has 0 atom stereocenters. The minimum absolute atomic E-state index is 0.219. The number of aryl methyl sites for hydroxylation is 1. The summed E-state index contributed by atoms with van der Waals surface area (Å²) in [5.74, 6) is -0.759. The lowest BCUT2D eigenvalue weighted by Crippen LogP contribution is -2.47. The van der Waals surface area contributed by atoms with Gasteiger partial charge in [0.25, 0.3) is 0 Å². The molecule has 192 valence electrons. The van der Waals surface area contributed by atoms with Crippen molar-refractivity contribution in [1.29, 1.82) is 0 Å². The summed E-state index contributed by atoms with van der Waals surface area (Å²) >= 11 is 6.03. The Kier molecular flexibility index (Phi) is 6.59. The Morgan fingerprint density at radius 3 is 2.43 bits per heavy atom. The second kappa shape index (κ2) is 9.72. The number of fused-ring (bicyclic) bond motifs is 1. The van der Waals surface area contributed by atoms with Gasteiger partial charge >= 0.3 is 11.9 Å². The number of ketones is 1. The number of rotatable bonds is 5. The maximum absolute atomic E-state index is 13.1. The summed E-state index contributed by atoms with van der Waals surface area (Å²) in [5.41, 5.74) is 2.29. The number of benzene rings is 3. The normalized spacial score (nSPS) is 14.9. The number of hydrogen-bond donors (Lipinski definition) is 0. The summed E-state index contributed by atoms with van der Waals surface area (Å²) in [6.07, 6.45) is -4.39. The van der Waals surface area contributed by atoms with Crippen LogP contribution in [0.15, 0.2) is 69.9 Å². The van der Waals surface area contributed by atoms with Crippen LogP contribution in [0.1, 0.15) is 27.0 Å². The molecular weight excluding hydrogens is 507 g/mol. The van der Waals surface area contributed by atoms with Gasteiger partial charge in [0.05, 0.1) is 17.7 Å². The number of alkyl halides is 3. The van der Waals surface area contributed by atoms with Gasteiger partial charge < -0.3 is 9.32 Å². The number of carbonyl (C=O) groups excluding carboxylic acids is 1. The van der Waals surface area contributed by atoms with Crippen molar-refractivity contribution in [1.82, 2.24) is 9.47 Å². The fourth-order valence-corrected chi connectivity index (χ4v) is 4.79. The van der Waals surface area contributed by atoms with E-state index in [2.05, 4.69) is 0 Å². The van der Waals surface area contributed by atoms with Crippen LogP contribution in [0.4, 0.5) is 18.9 Å². The second-order valence-corrected chi connectivity index (χ2v) is 9.50. The summed E-state index contributed by atoms with van der Waals surface area (Å²) in [6, 6.07) is 15.3. The highest BCUT2D eigenvalue weighted by Gasteiger charge is 2.31. The lowest BCUT2D eigenvalue weighted by molar-refractivity contribution is -0.137. The van der Waals surface area contributed by atoms with E-state index in [1.807, 2.05) is 9.80 Å². The topological polar surface area (TPSA) is 58.7 Å². The predicted octanol–water partition coefficient (Wildman–Crippen LogP) is 5.59. The molecule has 6 nitrogen and oxygen atoms in total. The highest BCUT2D eigenvalue weighted by molar-refractivity contribution is 6.31. The molecule has 1 aliphatic rings. The molecule has 10 heteroatoms. The molecule has 2 heterocycles. The fraction of sp³-hybridized carbons (Fsp3) is 0.259. The van der Waals surface area contributed by atoms with Crippen molar-refractivity contribution < 1.29 is 22.4 Å². The van der Waals surface area contributed by atoms with Crippen molar-refractivity contribution in [3.8, 4) is 0 Å². The third-order valence-corrected chi connectivity index (χ3v) is 6.83. The molecule has 1 aliphatic heterocycles. The molecule has 0 unspecified atom stereocenters. The number of nitrogens with zero attached hydrogens (tertiary/aromatic N) is 3. The Labute approximate surface area is 215 Å². The van der Waals surface area contributed by atoms with E-state index in [-0.39, 0.29) is 12.5 Å². The zero-order valence-corrected chi connectivity index (χ0v) is 20.6. The molecule has 1 fully saturated rings. The first-order valence-corrected chi connectivity index (χ1v) is 12.1. The number of piperazine rings is 1. The van der Waals surface area contributed by atoms with Crippen molar-refractivity contribution in [3.05, 3.63) is 98.5 Å². The maximum atomic E-state index is 13.1. The first-order valence-electron chi connectivity index (χ1n) is 11.7. The molecule has 1 aromatic heterocycles. The van der Waals surface area contributed by atoms with Crippen molar-refractivity contribution in [2.24, 2.45) is 0 Å². The quantitative estimate of drug-likeness (QED) is 0.316. The summed E-state index contributed by atoms with van der Waals surface area (Å²) in [6.45, 7) is 4.21. The van der Waals surface area contributed by atoms with Crippen LogP contribution >= 0.6 is 11.6 Å². The molecule has 0 amide bonds. The molecular formula is C27H23ClF3N3O3. The number of hydrogen-bond acceptors (Lipinski definition) is 5. The molecule has 1 saturated heterocycles. The highest BCUT2D eigenvalue weighted by atomic mass is 35.5. The van der Waals surface area contributed by atoms with Crippen molar-refractivity contribution in [2.45, 2.75) is 19.8 Å². The average molecular weight is 530 g/mol. The Hall–Kier alpha value is -3.56. The van der Waals surface area contributed by atoms with Gasteiger partial charge in [-0.3, -0.25) is 14.3 Å². The van der Waals surface area contributed by atoms with E-state index in [4.69, 9.17) is 16.0 Å². The third-order valence-electron chi connectivity index (χ3n) is 6.60. The molecule has 3 aromatic carbocycles. The minimum atomic E-state index is -4.39. The molecule has 4 aromatic rings. The van der Waals surface area contributed by atoms with E-state index in [1.165, 1.54) is 10.6 Å². The van der Waals surface area contributed by atoms with E-state index in [0.717, 1.165) is 12.1 Å². The number of halogens is 4. The van der Waals surface area contributed by atoms with Crippen LogP contribution in [-0.4, -0.2) is 41.4 Å². The minimum Gasteiger partial charge on any atom is -0.408 e. The van der Waals surface area contributed by atoms with Crippen molar-refractivity contribution >= 4 is 34.2 Å². The Balaban J connectivity index is 1.33. The van der Waals surface area contributed by atoms with Gasteiger partial charge in [-0.15, -0.1) is 0 Å². The number of oxazole rings is 1. The van der Waals surface area contributed by atoms with Gasteiger partial charge in [0.2, 0.25) is 0 Å². The van der Waals surface area contributed by atoms with Crippen LogP contribution in [0.2, 0.25) is 5.02 Å². The molecule has 37 heavy (non-hydrogen) atoms. The predicted molar refractivity (Wildman–Crippen MR) is 135 cm³/mol. The Morgan fingerprint density at radius 2 is 1.73 bits per heavy atom. The van der Waals surface area contributed by atoms with E-state index < -0.39 is 17.5 Å². The smallest absolute Gasteiger partial charge is 0.408 e. The van der Waals surface area contributed by atoms with E-state index in [0.29, 0.717) is 64.7 Å². The highest BCUT2D eigenvalue weighted by Crippen LogP contribution is 2.32. The summed E-state index contributed by atoms with van der Waals surface area (Å²) in [7, 11) is 0. The second-order valence-electron chi connectivity index (χ2n) is 9.06. The van der Waals surface area contributed by atoms with E-state index >= 15 is 0 Å². The van der Waals surface area contributed by atoms with Crippen LogP contribution in [0, 0.1) is 6.92 Å². The van der Waals surface area contributed by atoms with Gasteiger partial charge in [-0.25, -0.2) is 4.79 Å². The molecule has 5 rings (SSSR count). The molecule has 0 radical (unpaired) electrons. The molecule has 0 bridgehead atoms. The average Bonchev–Trinajstić information content (AvgIpc) is 3.17. The van der Waals surface area contributed by atoms with Crippen LogP contribution in [0.5, 0.6) is 0 Å². The molecule has 0 saturated carbocycles. The standard InChI is InChI=1S/C27H23ClF3N3O3/c1-17-12-23-24(15-22(17)25(35)18-4-2-6-20(28)13-18)37-26(36)34(23)16-32-8-10-33(11-9-32)21-7-3-5-19(14-21)27(29,30)31/h2-7,12-15H,8-11,16H2,1H3. The molecule has 0 spiro atoms. The van der Waals surface area contributed by atoms with Gasteiger partial charge in [0.1, 0.15) is 0 Å². The lowest BCUT2D eigenvalue weighted by Gasteiger charge is -2.36. The van der Waals surface area contributed by atoms with Gasteiger partial charge in [0, 0.05) is 48.0 Å². The first-order chi connectivity index (χ1) is 17.6. The SMILES string of the molecule is Cc1cc2c(cc1C(=O)c1cccc(Cl)c1)oc(=O)n2CN1CCN(c2cccc(C(F)(F)F)c2)CC1. The van der Waals surface area contributed by atoms with Gasteiger partial charge in [0.15, 0.2) is 11.4 Å².